The summed E-state index contributed by atoms with van der Waals surface area (Å²) in [6.07, 6.45) is 15.3. The summed E-state index contributed by atoms with van der Waals surface area (Å²) in [4.78, 5) is 0. The smallest absolute Gasteiger partial charge is 0.311 e. The highest BCUT2D eigenvalue weighted by Crippen LogP contribution is 2.50. The minimum atomic E-state index is -0.158. The zero-order chi connectivity index (χ0) is 17.9. The highest BCUT2D eigenvalue weighted by atomic mass is 16.3. The number of nitrogens with one attached hydrogen (secondary N) is 1. The molecule has 2 heterocycles. The molecule has 2 saturated carbocycles. The number of rotatable bonds is 12. The van der Waals surface area contributed by atoms with Crippen molar-refractivity contribution in [3.05, 3.63) is 5.82 Å². The molecule has 0 bridgehead atoms. The van der Waals surface area contributed by atoms with Crippen LogP contribution in [-0.2, 0) is 5.41 Å². The molecule has 8 nitrogen and oxygen atoms in total. The van der Waals surface area contributed by atoms with Crippen molar-refractivity contribution in [2.45, 2.75) is 94.1 Å². The van der Waals surface area contributed by atoms with Gasteiger partial charge < -0.3 is 5.11 Å². The van der Waals surface area contributed by atoms with E-state index in [-0.39, 0.29) is 11.5 Å². The lowest BCUT2D eigenvalue weighted by atomic mass is 9.96. The van der Waals surface area contributed by atoms with Crippen LogP contribution in [0.1, 0.15) is 82.9 Å². The number of hydrogen-bond acceptors (Lipinski definition) is 6. The Bertz CT molecular complexity index is 647. The van der Waals surface area contributed by atoms with E-state index in [1.165, 1.54) is 38.5 Å². The highest BCUT2D eigenvalue weighted by molar-refractivity contribution is 5.49. The van der Waals surface area contributed by atoms with Gasteiger partial charge in [0.15, 0.2) is 5.82 Å². The normalized spacial score (nSPS) is 23.0. The zero-order valence-corrected chi connectivity index (χ0v) is 15.5. The minimum Gasteiger partial charge on any atom is -0.393 e. The molecule has 1 unspecified atom stereocenters. The molecular weight excluding hydrogens is 330 g/mol. The van der Waals surface area contributed by atoms with E-state index in [2.05, 4.69) is 35.4 Å². The van der Waals surface area contributed by atoms with Gasteiger partial charge in [0.05, 0.1) is 11.2 Å². The Hall–Kier alpha value is -1.70. The van der Waals surface area contributed by atoms with Gasteiger partial charge in [0.1, 0.15) is 5.54 Å². The summed E-state index contributed by atoms with van der Waals surface area (Å²) in [6.45, 7) is 0.730. The molecule has 2 fully saturated rings. The molecule has 26 heavy (non-hydrogen) atoms. The van der Waals surface area contributed by atoms with Crippen molar-refractivity contribution in [3.63, 3.8) is 0 Å². The molecule has 0 saturated heterocycles. The predicted molar refractivity (Wildman–Crippen MR) is 96.0 cm³/mol. The molecule has 2 N–H and O–H groups in total. The fourth-order valence-corrected chi connectivity index (χ4v) is 4.28. The van der Waals surface area contributed by atoms with E-state index in [0.29, 0.717) is 5.54 Å². The van der Waals surface area contributed by atoms with Crippen LogP contribution in [0.5, 0.6) is 0 Å². The van der Waals surface area contributed by atoms with E-state index in [4.69, 9.17) is 0 Å². The van der Waals surface area contributed by atoms with E-state index >= 15 is 0 Å². The summed E-state index contributed by atoms with van der Waals surface area (Å²) >= 11 is 0. The second-order valence-electron chi connectivity index (χ2n) is 8.37. The highest BCUT2D eigenvalue weighted by Gasteiger charge is 2.50. The molecule has 0 spiro atoms. The van der Waals surface area contributed by atoms with Crippen LogP contribution in [0.3, 0.4) is 0 Å². The molecule has 1 atom stereocenters. The number of hydrogen-bond donors (Lipinski definition) is 2. The van der Waals surface area contributed by atoms with Gasteiger partial charge in [-0.15, -0.1) is 10.2 Å². The third-order valence-corrected chi connectivity index (χ3v) is 6.47. The first-order chi connectivity index (χ1) is 12.7. The molecule has 8 heteroatoms. The first kappa shape index (κ1) is 17.7. The number of aliphatic hydroxyl groups is 1. The Balaban J connectivity index is 1.06. The number of unbranched alkanes of at least 4 members (excludes halogenated alkanes) is 2. The maximum atomic E-state index is 10.2. The van der Waals surface area contributed by atoms with Gasteiger partial charge in [-0.25, -0.2) is 4.58 Å². The van der Waals surface area contributed by atoms with Crippen LogP contribution >= 0.6 is 0 Å². The lowest BCUT2D eigenvalue weighted by molar-refractivity contribution is -0.573. The quantitative estimate of drug-likeness (QED) is 0.442. The molecule has 0 radical (unpaired) electrons. The van der Waals surface area contributed by atoms with Crippen LogP contribution in [0.25, 0.3) is 0 Å². The first-order valence-corrected chi connectivity index (χ1v) is 10.1. The summed E-state index contributed by atoms with van der Waals surface area (Å²) < 4.78 is 2.29. The maximum absolute atomic E-state index is 10.2. The molecule has 1 aromatic rings. The number of aromatic amines is 1. The average Bonchev–Trinajstić information content (AvgIpc) is 3.45. The van der Waals surface area contributed by atoms with Crippen LogP contribution in [0, 0.1) is 0 Å². The lowest BCUT2D eigenvalue weighted by Crippen LogP contribution is -2.27. The third kappa shape index (κ3) is 4.00. The van der Waals surface area contributed by atoms with Crippen LogP contribution < -0.4 is 0 Å². The van der Waals surface area contributed by atoms with Gasteiger partial charge in [0, 0.05) is 5.41 Å². The van der Waals surface area contributed by atoms with Gasteiger partial charge in [0.25, 0.3) is 0 Å². The van der Waals surface area contributed by atoms with Crippen LogP contribution in [0.2, 0.25) is 0 Å². The fourth-order valence-electron chi connectivity index (χ4n) is 4.28. The second-order valence-corrected chi connectivity index (χ2v) is 8.37. The van der Waals surface area contributed by atoms with Crippen molar-refractivity contribution in [2.75, 3.05) is 6.67 Å². The Morgan fingerprint density at radius 3 is 2.42 bits per heavy atom. The van der Waals surface area contributed by atoms with Gasteiger partial charge in [-0.05, 0) is 62.9 Å². The van der Waals surface area contributed by atoms with Gasteiger partial charge in [-0.2, -0.15) is 5.21 Å². The van der Waals surface area contributed by atoms with E-state index < -0.39 is 0 Å². The Morgan fingerprint density at radius 2 is 1.85 bits per heavy atom. The van der Waals surface area contributed by atoms with Crippen LogP contribution in [0.15, 0.2) is 10.2 Å². The van der Waals surface area contributed by atoms with Gasteiger partial charge in [-0.3, -0.25) is 0 Å². The minimum absolute atomic E-state index is 0.158. The summed E-state index contributed by atoms with van der Waals surface area (Å²) in [6, 6.07) is 0. The SMILES string of the molecule is OC(CCCCC1(c2nn[nH]n2)CC1)CCCCC1([N+]2=CN=NC2)CC1. The Labute approximate surface area is 154 Å². The third-order valence-electron chi connectivity index (χ3n) is 6.47. The summed E-state index contributed by atoms with van der Waals surface area (Å²) in [5, 5.41) is 32.8. The number of azo groups is 1. The van der Waals surface area contributed by atoms with E-state index in [1.807, 2.05) is 6.34 Å². The topological polar surface area (TPSA) is 102 Å². The zero-order valence-electron chi connectivity index (χ0n) is 15.5. The predicted octanol–water partition coefficient (Wildman–Crippen LogP) is 2.71. The molecule has 0 aromatic carbocycles. The van der Waals surface area contributed by atoms with E-state index in [9.17, 15) is 5.11 Å². The monoisotopic (exact) mass is 360 g/mol. The molecule has 3 aliphatic rings. The van der Waals surface area contributed by atoms with Crippen molar-refractivity contribution < 1.29 is 9.68 Å². The van der Waals surface area contributed by atoms with Gasteiger partial charge in [-0.1, -0.05) is 24.5 Å². The molecule has 1 aromatic heterocycles. The molecule has 142 valence electrons. The molecule has 0 amide bonds. The molecule has 2 aliphatic carbocycles. The second kappa shape index (κ2) is 7.50. The standard InChI is InChI=1S/C18H30N7O/c26-15(5-1-3-7-17(9-10-17)16-21-23-24-22-16)6-2-4-8-18(11-12-18)25-13-19-20-14-25/h13,15,26H,1-12,14H2,(H,21,22,23,24)/q+1. The summed E-state index contributed by atoms with van der Waals surface area (Å²) in [5.74, 6) is 0.878. The van der Waals surface area contributed by atoms with E-state index in [1.54, 1.807) is 0 Å². The Kier molecular flexibility index (Phi) is 5.11. The van der Waals surface area contributed by atoms with Gasteiger partial charge >= 0.3 is 6.34 Å². The summed E-state index contributed by atoms with van der Waals surface area (Å²) in [7, 11) is 0. The number of aromatic nitrogens is 4. The van der Waals surface area contributed by atoms with E-state index in [0.717, 1.165) is 51.0 Å². The Morgan fingerprint density at radius 1 is 1.08 bits per heavy atom. The van der Waals surface area contributed by atoms with Gasteiger partial charge in [0.2, 0.25) is 6.67 Å². The van der Waals surface area contributed by atoms with Crippen molar-refractivity contribution in [2.24, 2.45) is 10.2 Å². The van der Waals surface area contributed by atoms with Crippen LogP contribution in [-0.4, -0.2) is 55.0 Å². The van der Waals surface area contributed by atoms with Crippen molar-refractivity contribution in [1.29, 1.82) is 0 Å². The molecule has 4 rings (SSSR count). The molecular formula is C18H30N7O+. The van der Waals surface area contributed by atoms with Crippen LogP contribution in [0.4, 0.5) is 0 Å². The maximum Gasteiger partial charge on any atom is 0.311 e. The number of tetrazole rings is 1. The number of H-pyrrole nitrogens is 1. The average molecular weight is 360 g/mol. The number of nitrogens with zero attached hydrogens (tertiary/aromatic N) is 6. The van der Waals surface area contributed by atoms with Crippen molar-refractivity contribution >= 4 is 6.34 Å². The summed E-state index contributed by atoms with van der Waals surface area (Å²) in [5.41, 5.74) is 0.518. The van der Waals surface area contributed by atoms with Crippen molar-refractivity contribution in [1.82, 2.24) is 20.6 Å². The lowest BCUT2D eigenvalue weighted by Gasteiger charge is -2.15. The first-order valence-electron chi connectivity index (χ1n) is 10.1. The largest absolute Gasteiger partial charge is 0.393 e. The number of aliphatic hydroxyl groups excluding tert-OH is 1. The fraction of sp³-hybridized carbons (Fsp3) is 0.889. The molecule has 1 aliphatic heterocycles. The van der Waals surface area contributed by atoms with Crippen molar-refractivity contribution in [3.8, 4) is 0 Å².